The Balaban J connectivity index is 0. The molecule has 0 N–H and O–H groups in total. The van der Waals surface area contributed by atoms with Crippen molar-refractivity contribution >= 4 is 55.0 Å². The number of hydrogen-bond acceptors (Lipinski definition) is 1. The molecular formula is C7H10BrMgS+2. The van der Waals surface area contributed by atoms with E-state index in [1.165, 1.54) is 3.69 Å². The number of rotatable bonds is 0. The average molecular weight is 230 g/mol. The van der Waals surface area contributed by atoms with E-state index in [9.17, 15) is 0 Å². The standard InChI is InChI=1S/C6H5.CH4S.BrH.Mg/c1-2-4-6-5-3-1;1-2;;/h1-5H;2H,1H3;1H;/q;;;+2. The second-order valence-corrected chi connectivity index (χ2v) is 2.30. The Morgan fingerprint density at radius 2 is 1.50 bits per heavy atom. The largest absolute Gasteiger partial charge is 1.47 e. The van der Waals surface area contributed by atoms with E-state index in [4.69, 9.17) is 0 Å². The summed E-state index contributed by atoms with van der Waals surface area (Å²) in [5, 5.41) is 0. The van der Waals surface area contributed by atoms with Crippen LogP contribution in [0.15, 0.2) is 30.3 Å². The fraction of sp³-hybridized carbons (Fsp3) is 0.143. The van der Waals surface area contributed by atoms with Crippen LogP contribution < -0.4 is 3.69 Å². The Bertz CT molecular complexity index is 144. The smallest absolute Gasteiger partial charge is 0.183 e. The SMILES string of the molecule is Br.CS.[Mg+2][c]1ccccc1. The van der Waals surface area contributed by atoms with Crippen LogP contribution in [0.25, 0.3) is 0 Å². The van der Waals surface area contributed by atoms with Crippen LogP contribution in [-0.2, 0) is 0 Å². The van der Waals surface area contributed by atoms with Gasteiger partial charge in [-0.3, -0.25) is 0 Å². The minimum Gasteiger partial charge on any atom is -0.183 e. The molecule has 0 unspecified atom stereocenters. The van der Waals surface area contributed by atoms with Gasteiger partial charge in [-0.05, 0) is 6.26 Å². The lowest BCUT2D eigenvalue weighted by Gasteiger charge is -1.65. The van der Waals surface area contributed by atoms with Gasteiger partial charge in [0.15, 0.2) is 0 Å². The predicted octanol–water partition coefficient (Wildman–Crippen LogP) is 1.60. The van der Waals surface area contributed by atoms with Gasteiger partial charge in [-0.1, -0.05) is 18.2 Å². The topological polar surface area (TPSA) is 0 Å². The molecule has 3 heteroatoms. The highest BCUT2D eigenvalue weighted by Crippen LogP contribution is 1.76. The van der Waals surface area contributed by atoms with Crippen molar-refractivity contribution in [2.45, 2.75) is 0 Å². The summed E-state index contributed by atoms with van der Waals surface area (Å²) in [4.78, 5) is 0. The molecule has 0 atom stereocenters. The zero-order valence-electron chi connectivity index (χ0n) is 5.95. The normalized spacial score (nSPS) is 6.70. The first-order valence-corrected chi connectivity index (χ1v) is 4.31. The minimum absolute atomic E-state index is 0. The van der Waals surface area contributed by atoms with E-state index < -0.39 is 0 Å². The summed E-state index contributed by atoms with van der Waals surface area (Å²) < 4.78 is 1.35. The van der Waals surface area contributed by atoms with E-state index >= 15 is 0 Å². The van der Waals surface area contributed by atoms with Gasteiger partial charge in [-0.25, -0.2) is 0 Å². The highest BCUT2D eigenvalue weighted by Gasteiger charge is 2.28. The molecule has 1 rings (SSSR count). The number of thiol groups is 1. The van der Waals surface area contributed by atoms with E-state index in [-0.39, 0.29) is 17.0 Å². The monoisotopic (exact) mass is 229 g/mol. The molecule has 0 bridgehead atoms. The van der Waals surface area contributed by atoms with Crippen LogP contribution in [0.4, 0.5) is 0 Å². The maximum Gasteiger partial charge on any atom is 1.47 e. The van der Waals surface area contributed by atoms with Crippen molar-refractivity contribution in [1.82, 2.24) is 0 Å². The quantitative estimate of drug-likeness (QED) is 0.508. The molecule has 0 heterocycles. The number of halogens is 1. The van der Waals surface area contributed by atoms with Crippen molar-refractivity contribution in [3.05, 3.63) is 30.3 Å². The Hall–Kier alpha value is 0.816. The van der Waals surface area contributed by atoms with Gasteiger partial charge >= 0.3 is 25.4 Å². The van der Waals surface area contributed by atoms with E-state index in [1.807, 2.05) is 39.9 Å². The molecule has 1 aromatic rings. The molecule has 0 saturated carbocycles. The molecule has 1 aromatic carbocycles. The summed E-state index contributed by atoms with van der Waals surface area (Å²) in [6, 6.07) is 10.3. The lowest BCUT2D eigenvalue weighted by atomic mass is 10.4. The van der Waals surface area contributed by atoms with Gasteiger partial charge in [0.2, 0.25) is 0 Å². The van der Waals surface area contributed by atoms with E-state index in [2.05, 4.69) is 24.8 Å². The van der Waals surface area contributed by atoms with Gasteiger partial charge in [0.05, 0.1) is 0 Å². The first-order chi connectivity index (χ1) is 4.39. The van der Waals surface area contributed by atoms with Gasteiger partial charge in [0, 0.05) is 12.1 Å². The highest BCUT2D eigenvalue weighted by molar-refractivity contribution is 8.93. The number of benzene rings is 1. The summed E-state index contributed by atoms with van der Waals surface area (Å²) in [5.41, 5.74) is 0. The summed E-state index contributed by atoms with van der Waals surface area (Å²) in [5.74, 6) is 0. The Morgan fingerprint density at radius 3 is 1.70 bits per heavy atom. The summed E-state index contributed by atoms with van der Waals surface area (Å²) in [6.45, 7) is 0. The summed E-state index contributed by atoms with van der Waals surface area (Å²) >= 11 is 5.43. The molecule has 0 aliphatic carbocycles. The van der Waals surface area contributed by atoms with Crippen molar-refractivity contribution in [1.29, 1.82) is 0 Å². The van der Waals surface area contributed by atoms with Gasteiger partial charge in [0.1, 0.15) is 0 Å². The van der Waals surface area contributed by atoms with Crippen LogP contribution in [0.3, 0.4) is 0 Å². The molecule has 0 spiro atoms. The van der Waals surface area contributed by atoms with Crippen molar-refractivity contribution in [3.63, 3.8) is 0 Å². The Morgan fingerprint density at radius 1 is 1.10 bits per heavy atom. The number of hydrogen-bond donors (Lipinski definition) is 1. The average Bonchev–Trinajstić information content (AvgIpc) is 1.94. The fourth-order valence-corrected chi connectivity index (χ4v) is 0.750. The van der Waals surface area contributed by atoms with Crippen molar-refractivity contribution < 1.29 is 0 Å². The summed E-state index contributed by atoms with van der Waals surface area (Å²) in [7, 11) is 0. The van der Waals surface area contributed by atoms with Crippen LogP contribution in [0.2, 0.25) is 0 Å². The Labute approximate surface area is 91.0 Å². The third-order valence-corrected chi connectivity index (χ3v) is 1.31. The molecule has 0 nitrogen and oxygen atoms in total. The second kappa shape index (κ2) is 9.82. The van der Waals surface area contributed by atoms with Gasteiger partial charge in [-0.2, -0.15) is 12.6 Å². The lowest BCUT2D eigenvalue weighted by molar-refractivity contribution is 1.78. The predicted molar refractivity (Wildman–Crippen MR) is 57.1 cm³/mol. The molecule has 51 valence electrons. The maximum absolute atomic E-state index is 3.53. The summed E-state index contributed by atoms with van der Waals surface area (Å²) in [6.07, 6.45) is 1.69. The van der Waals surface area contributed by atoms with Gasteiger partial charge in [0.25, 0.3) is 0 Å². The van der Waals surface area contributed by atoms with Crippen LogP contribution in [0.1, 0.15) is 0 Å². The molecule has 0 amide bonds. The first-order valence-electron chi connectivity index (χ1n) is 2.71. The molecule has 0 aromatic heterocycles. The molecule has 0 aliphatic rings. The zero-order chi connectivity index (χ0) is 7.11. The van der Waals surface area contributed by atoms with Crippen LogP contribution in [0, 0.1) is 0 Å². The van der Waals surface area contributed by atoms with Gasteiger partial charge in [-0.15, -0.1) is 17.0 Å². The van der Waals surface area contributed by atoms with Crippen LogP contribution >= 0.6 is 29.6 Å². The maximum atomic E-state index is 3.53. The molecule has 7 radical (unpaired) electrons. The third-order valence-electron chi connectivity index (χ3n) is 0.843. The van der Waals surface area contributed by atoms with Crippen molar-refractivity contribution in [2.24, 2.45) is 0 Å². The van der Waals surface area contributed by atoms with Crippen molar-refractivity contribution in [3.8, 4) is 0 Å². The lowest BCUT2D eigenvalue weighted by Crippen LogP contribution is -1.97. The first kappa shape index (κ1) is 13.4. The third kappa shape index (κ3) is 6.93. The van der Waals surface area contributed by atoms with Crippen LogP contribution in [0.5, 0.6) is 0 Å². The van der Waals surface area contributed by atoms with Gasteiger partial charge < -0.3 is 0 Å². The second-order valence-electron chi connectivity index (χ2n) is 1.49. The van der Waals surface area contributed by atoms with E-state index in [0.717, 1.165) is 0 Å². The Kier molecular flexibility index (Phi) is 13.2. The molecular weight excluding hydrogens is 220 g/mol. The van der Waals surface area contributed by atoms with E-state index in [0.29, 0.717) is 0 Å². The minimum atomic E-state index is 0. The van der Waals surface area contributed by atoms with Crippen molar-refractivity contribution in [2.75, 3.05) is 6.26 Å². The fourth-order valence-electron chi connectivity index (χ4n) is 0.478. The molecule has 0 aliphatic heterocycles. The van der Waals surface area contributed by atoms with E-state index in [1.54, 1.807) is 6.26 Å². The zero-order valence-corrected chi connectivity index (χ0v) is 9.97. The molecule has 0 saturated heterocycles. The highest BCUT2D eigenvalue weighted by atomic mass is 79.9. The van der Waals surface area contributed by atoms with Crippen LogP contribution in [-0.4, -0.2) is 28.0 Å². The molecule has 0 fully saturated rings. The molecule has 10 heavy (non-hydrogen) atoms.